The van der Waals surface area contributed by atoms with E-state index in [2.05, 4.69) is 31.2 Å². The average Bonchev–Trinajstić information content (AvgIpc) is 3.16. The fourth-order valence-electron chi connectivity index (χ4n) is 6.44. The molecule has 1 unspecified atom stereocenters. The molecule has 2 heterocycles. The van der Waals surface area contributed by atoms with E-state index in [9.17, 15) is 24.6 Å². The number of amides is 3. The molecule has 0 radical (unpaired) electrons. The number of hydrogen-bond acceptors (Lipinski definition) is 8. The summed E-state index contributed by atoms with van der Waals surface area (Å²) in [6.07, 6.45) is -0.0387. The summed E-state index contributed by atoms with van der Waals surface area (Å²) >= 11 is 0. The van der Waals surface area contributed by atoms with Gasteiger partial charge in [0.05, 0.1) is 17.3 Å². The van der Waals surface area contributed by atoms with Gasteiger partial charge in [0.1, 0.15) is 11.9 Å². The Morgan fingerprint density at radius 1 is 0.865 bits per heavy atom. The summed E-state index contributed by atoms with van der Waals surface area (Å²) in [5.74, 6) is -0.0525. The van der Waals surface area contributed by atoms with Crippen LogP contribution < -0.4 is 26.8 Å². The summed E-state index contributed by atoms with van der Waals surface area (Å²) in [4.78, 5) is 41.8. The van der Waals surface area contributed by atoms with Crippen molar-refractivity contribution in [1.29, 1.82) is 0 Å². The molecule has 12 heteroatoms. The zero-order valence-electron chi connectivity index (χ0n) is 28.8. The smallest absolute Gasteiger partial charge is 0.411 e. The number of para-hydroxylation sites is 1. The number of ether oxygens (including phenoxy) is 1. The van der Waals surface area contributed by atoms with Crippen LogP contribution in [-0.4, -0.2) is 71.0 Å². The van der Waals surface area contributed by atoms with Gasteiger partial charge in [-0.25, -0.2) is 9.59 Å². The Labute approximate surface area is 301 Å². The molecule has 1 fully saturated rings. The second-order valence-electron chi connectivity index (χ2n) is 12.8. The third kappa shape index (κ3) is 9.75. The Bertz CT molecular complexity index is 2030. The van der Waals surface area contributed by atoms with Crippen LogP contribution in [0.1, 0.15) is 35.6 Å². The number of aliphatic hydroxyl groups excluding tert-OH is 1. The summed E-state index contributed by atoms with van der Waals surface area (Å²) < 4.78 is 5.74. The lowest BCUT2D eigenvalue weighted by Crippen LogP contribution is -2.44. The van der Waals surface area contributed by atoms with Crippen molar-refractivity contribution in [2.45, 2.75) is 38.1 Å². The molecule has 0 spiro atoms. The topological polar surface area (TPSA) is 168 Å². The van der Waals surface area contributed by atoms with E-state index < -0.39 is 12.2 Å². The number of anilines is 1. The second kappa shape index (κ2) is 17.5. The minimum Gasteiger partial charge on any atom is -0.506 e. The van der Waals surface area contributed by atoms with Gasteiger partial charge in [0.15, 0.2) is 0 Å². The lowest BCUT2D eigenvalue weighted by atomic mass is 10.0. The van der Waals surface area contributed by atoms with E-state index in [4.69, 9.17) is 4.74 Å². The van der Waals surface area contributed by atoms with E-state index >= 15 is 0 Å². The summed E-state index contributed by atoms with van der Waals surface area (Å²) in [6, 6.07) is 31.2. The Hall–Kier alpha value is -5.69. The van der Waals surface area contributed by atoms with Gasteiger partial charge in [0, 0.05) is 62.8 Å². The van der Waals surface area contributed by atoms with Gasteiger partial charge in [-0.2, -0.15) is 0 Å². The van der Waals surface area contributed by atoms with Gasteiger partial charge in [-0.3, -0.25) is 10.1 Å². The van der Waals surface area contributed by atoms with Crippen molar-refractivity contribution < 1.29 is 24.5 Å². The zero-order chi connectivity index (χ0) is 36.3. The number of likely N-dealkylation sites (tertiary alicyclic amines) is 1. The molecular formula is C40H44N6O6. The first-order valence-electron chi connectivity index (χ1n) is 17.5. The monoisotopic (exact) mass is 704 g/mol. The highest BCUT2D eigenvalue weighted by Crippen LogP contribution is 2.29. The number of phenolic OH excluding ortho intramolecular Hbond substituents is 1. The molecule has 1 aromatic heterocycles. The largest absolute Gasteiger partial charge is 0.506 e. The highest BCUT2D eigenvalue weighted by Gasteiger charge is 2.23. The number of pyridine rings is 1. The third-order valence-electron chi connectivity index (χ3n) is 9.15. The zero-order valence-corrected chi connectivity index (χ0v) is 28.8. The standard InChI is InChI=1S/C40H44N6O6/c47-35-15-13-32(33-14-16-37(49)45-38(33)35)36(48)26-41-24-27-7-6-8-28(23-27)25-43-39(50)42-19-22-46-20-17-30(18-21-46)52-40(51)44-34-12-5-4-11-31(34)29-9-2-1-3-10-29/h1-16,23,30,36,41,47-48H,17-22,24-26H2,(H,44,51)(H,45,49)(H2,42,43,50). The van der Waals surface area contributed by atoms with Crippen LogP contribution in [0.25, 0.3) is 22.0 Å². The van der Waals surface area contributed by atoms with Gasteiger partial charge >= 0.3 is 12.1 Å². The number of urea groups is 1. The van der Waals surface area contributed by atoms with Gasteiger partial charge in [-0.1, -0.05) is 78.9 Å². The maximum atomic E-state index is 12.7. The number of rotatable bonds is 13. The highest BCUT2D eigenvalue weighted by molar-refractivity contribution is 5.91. The molecule has 6 rings (SSSR count). The predicted octanol–water partition coefficient (Wildman–Crippen LogP) is 5.24. The second-order valence-corrected chi connectivity index (χ2v) is 12.8. The number of piperidine rings is 1. The van der Waals surface area contributed by atoms with E-state index in [-0.39, 0.29) is 30.0 Å². The first-order valence-corrected chi connectivity index (χ1v) is 17.5. The van der Waals surface area contributed by atoms with Crippen molar-refractivity contribution in [3.05, 3.63) is 130 Å². The number of phenols is 1. The number of hydrogen-bond donors (Lipinski definition) is 7. The Morgan fingerprint density at radius 3 is 2.42 bits per heavy atom. The van der Waals surface area contributed by atoms with E-state index in [1.54, 1.807) is 12.1 Å². The van der Waals surface area contributed by atoms with Crippen molar-refractivity contribution in [3.8, 4) is 16.9 Å². The van der Waals surface area contributed by atoms with Crippen molar-refractivity contribution in [3.63, 3.8) is 0 Å². The van der Waals surface area contributed by atoms with Crippen LogP contribution in [0.15, 0.2) is 108 Å². The molecule has 270 valence electrons. The third-order valence-corrected chi connectivity index (χ3v) is 9.15. The number of carbonyl (C=O) groups excluding carboxylic acids is 2. The Morgan fingerprint density at radius 2 is 1.62 bits per heavy atom. The number of H-pyrrole nitrogens is 1. The molecule has 12 nitrogen and oxygen atoms in total. The average molecular weight is 705 g/mol. The van der Waals surface area contributed by atoms with Crippen LogP contribution in [0.5, 0.6) is 5.75 Å². The van der Waals surface area contributed by atoms with E-state index in [0.29, 0.717) is 48.3 Å². The number of fused-ring (bicyclic) bond motifs is 1. The molecule has 4 aromatic carbocycles. The molecular weight excluding hydrogens is 660 g/mol. The fraction of sp³-hybridized carbons (Fsp3) is 0.275. The van der Waals surface area contributed by atoms with Crippen LogP contribution in [0.4, 0.5) is 15.3 Å². The summed E-state index contributed by atoms with van der Waals surface area (Å²) in [7, 11) is 0. The molecule has 3 amide bonds. The maximum Gasteiger partial charge on any atom is 0.411 e. The maximum absolute atomic E-state index is 12.7. The molecule has 1 saturated heterocycles. The van der Waals surface area contributed by atoms with Crippen molar-refractivity contribution in [2.24, 2.45) is 0 Å². The number of aromatic hydroxyl groups is 1. The molecule has 0 bridgehead atoms. The fourth-order valence-corrected chi connectivity index (χ4v) is 6.44. The number of carbonyl (C=O) groups is 2. The van der Waals surface area contributed by atoms with Gasteiger partial charge in [-0.15, -0.1) is 0 Å². The number of aliphatic hydroxyl groups is 1. The molecule has 52 heavy (non-hydrogen) atoms. The minimum absolute atomic E-state index is 0.0525. The first-order chi connectivity index (χ1) is 25.3. The van der Waals surface area contributed by atoms with Gasteiger partial charge in [0.2, 0.25) is 5.56 Å². The molecule has 1 aliphatic heterocycles. The Kier molecular flexibility index (Phi) is 12.1. The molecule has 5 aromatic rings. The SMILES string of the molecule is O=C(NCCN1CCC(OC(=O)Nc2ccccc2-c2ccccc2)CC1)NCc1cccc(CNCC(O)c2ccc(O)c3[nH]c(=O)ccc23)c1. The molecule has 1 atom stereocenters. The molecule has 7 N–H and O–H groups in total. The van der Waals surface area contributed by atoms with E-state index in [1.165, 1.54) is 12.1 Å². The lowest BCUT2D eigenvalue weighted by molar-refractivity contribution is 0.0594. The lowest BCUT2D eigenvalue weighted by Gasteiger charge is -2.31. The van der Waals surface area contributed by atoms with Crippen molar-refractivity contribution in [1.82, 2.24) is 25.8 Å². The summed E-state index contributed by atoms with van der Waals surface area (Å²) in [6.45, 7) is 3.85. The molecule has 0 aliphatic carbocycles. The normalized spacial score (nSPS) is 14.1. The van der Waals surface area contributed by atoms with Gasteiger partial charge < -0.3 is 40.8 Å². The van der Waals surface area contributed by atoms with E-state index in [0.717, 1.165) is 48.2 Å². The molecule has 1 aliphatic rings. The quantitative estimate of drug-likeness (QED) is 0.0874. The number of nitrogens with one attached hydrogen (secondary N) is 5. The predicted molar refractivity (Wildman–Crippen MR) is 201 cm³/mol. The van der Waals surface area contributed by atoms with Crippen LogP contribution in [0.2, 0.25) is 0 Å². The van der Waals surface area contributed by atoms with Gasteiger partial charge in [-0.05, 0) is 53.3 Å². The summed E-state index contributed by atoms with van der Waals surface area (Å²) in [5, 5.41) is 33.5. The highest BCUT2D eigenvalue weighted by atomic mass is 16.6. The van der Waals surface area contributed by atoms with Crippen molar-refractivity contribution >= 4 is 28.7 Å². The van der Waals surface area contributed by atoms with Gasteiger partial charge in [0.25, 0.3) is 0 Å². The number of nitrogens with zero attached hydrogens (tertiary/aromatic N) is 1. The van der Waals surface area contributed by atoms with Crippen LogP contribution in [0, 0.1) is 0 Å². The van der Waals surface area contributed by atoms with Crippen LogP contribution >= 0.6 is 0 Å². The first kappa shape index (κ1) is 36.1. The number of aromatic amines is 1. The number of benzene rings is 4. The van der Waals surface area contributed by atoms with Crippen molar-refractivity contribution in [2.75, 3.05) is 38.0 Å². The number of aromatic nitrogens is 1. The van der Waals surface area contributed by atoms with Crippen LogP contribution in [0.3, 0.4) is 0 Å². The minimum atomic E-state index is -0.858. The van der Waals surface area contributed by atoms with Crippen LogP contribution in [-0.2, 0) is 17.8 Å². The summed E-state index contributed by atoms with van der Waals surface area (Å²) in [5.41, 5.74) is 5.16. The Balaban J connectivity index is 0.864. The van der Waals surface area contributed by atoms with E-state index in [1.807, 2.05) is 78.9 Å². The molecule has 0 saturated carbocycles.